The second-order valence-corrected chi connectivity index (χ2v) is 9.57. The van der Waals surface area contributed by atoms with Crippen molar-refractivity contribution in [2.24, 2.45) is 0 Å². The fourth-order valence-corrected chi connectivity index (χ4v) is 3.89. The zero-order valence-corrected chi connectivity index (χ0v) is 16.8. The number of hydrogen-bond donors (Lipinski definition) is 1. The average molecular weight is 334 g/mol. The molecule has 0 amide bonds. The molecular formula is C16H39N3O2Si. The van der Waals surface area contributed by atoms with Crippen LogP contribution in [0.15, 0.2) is 0 Å². The highest BCUT2D eigenvalue weighted by molar-refractivity contribution is 6.66. The van der Waals surface area contributed by atoms with Crippen molar-refractivity contribution >= 4 is 8.56 Å². The summed E-state index contributed by atoms with van der Waals surface area (Å²) in [6, 6.07) is 0. The smallest absolute Gasteiger partial charge is 0.348 e. The van der Waals surface area contributed by atoms with Crippen molar-refractivity contribution in [3.63, 3.8) is 0 Å². The maximum atomic E-state index is 5.66. The molecule has 0 aliphatic heterocycles. The van der Waals surface area contributed by atoms with Crippen LogP contribution in [0.25, 0.3) is 0 Å². The fourth-order valence-electron chi connectivity index (χ4n) is 2.34. The van der Waals surface area contributed by atoms with Gasteiger partial charge in [0.1, 0.15) is 0 Å². The van der Waals surface area contributed by atoms with E-state index in [4.69, 9.17) is 8.85 Å². The van der Waals surface area contributed by atoms with E-state index >= 15 is 0 Å². The van der Waals surface area contributed by atoms with Crippen molar-refractivity contribution in [3.05, 3.63) is 0 Å². The third-order valence-corrected chi connectivity index (χ3v) is 6.93. The Morgan fingerprint density at radius 3 is 2.14 bits per heavy atom. The minimum atomic E-state index is -2.03. The van der Waals surface area contributed by atoms with Gasteiger partial charge in [-0.2, -0.15) is 0 Å². The van der Waals surface area contributed by atoms with E-state index in [1.165, 1.54) is 19.3 Å². The van der Waals surface area contributed by atoms with Gasteiger partial charge in [0.05, 0.1) is 0 Å². The van der Waals surface area contributed by atoms with E-state index in [1.54, 1.807) is 14.2 Å². The average Bonchev–Trinajstić information content (AvgIpc) is 2.53. The molecule has 0 radical (unpaired) electrons. The van der Waals surface area contributed by atoms with Crippen LogP contribution < -0.4 is 5.32 Å². The Labute approximate surface area is 139 Å². The first kappa shape index (κ1) is 22.0. The summed E-state index contributed by atoms with van der Waals surface area (Å²) in [7, 11) is 3.71. The summed E-state index contributed by atoms with van der Waals surface area (Å²) in [4.78, 5) is 4.89. The standard InChI is InChI=1S/C16H39N3O2Si/c1-7-11-17-12-9-14-19(15-10-13-18(3)8-2)16-22(6,20-4)21-5/h17H,7-16H2,1-6H3. The summed E-state index contributed by atoms with van der Waals surface area (Å²) in [6.45, 7) is 13.3. The molecule has 0 saturated carbocycles. The number of rotatable bonds is 15. The van der Waals surface area contributed by atoms with Crippen molar-refractivity contribution < 1.29 is 8.85 Å². The molecule has 0 bridgehead atoms. The molecule has 0 unspecified atom stereocenters. The Morgan fingerprint density at radius 1 is 0.955 bits per heavy atom. The first-order chi connectivity index (χ1) is 10.5. The van der Waals surface area contributed by atoms with Crippen molar-refractivity contribution in [1.29, 1.82) is 0 Å². The molecule has 0 aromatic rings. The summed E-state index contributed by atoms with van der Waals surface area (Å²) in [5, 5.41) is 3.48. The number of nitrogens with zero attached hydrogens (tertiary/aromatic N) is 2. The maximum absolute atomic E-state index is 5.66. The molecule has 6 heteroatoms. The molecule has 0 saturated heterocycles. The number of hydrogen-bond acceptors (Lipinski definition) is 5. The van der Waals surface area contributed by atoms with Gasteiger partial charge in [0.15, 0.2) is 0 Å². The van der Waals surface area contributed by atoms with E-state index in [-0.39, 0.29) is 0 Å². The summed E-state index contributed by atoms with van der Waals surface area (Å²) in [5.41, 5.74) is 0. The monoisotopic (exact) mass is 333 g/mol. The lowest BCUT2D eigenvalue weighted by atomic mass is 10.3. The van der Waals surface area contributed by atoms with Gasteiger partial charge >= 0.3 is 8.56 Å². The first-order valence-electron chi connectivity index (χ1n) is 8.73. The Hall–Kier alpha value is 0.0169. The van der Waals surface area contributed by atoms with Crippen LogP contribution in [0.3, 0.4) is 0 Å². The molecule has 22 heavy (non-hydrogen) atoms. The number of nitrogens with one attached hydrogen (secondary N) is 1. The van der Waals surface area contributed by atoms with E-state index in [0.29, 0.717) is 0 Å². The fraction of sp³-hybridized carbons (Fsp3) is 1.00. The summed E-state index contributed by atoms with van der Waals surface area (Å²) in [6.07, 6.45) is 4.53. The molecule has 0 atom stereocenters. The highest BCUT2D eigenvalue weighted by Crippen LogP contribution is 2.08. The summed E-state index contributed by atoms with van der Waals surface area (Å²) in [5.74, 6) is 0. The second kappa shape index (κ2) is 13.5. The van der Waals surface area contributed by atoms with E-state index in [2.05, 4.69) is 42.6 Å². The molecule has 134 valence electrons. The SMILES string of the molecule is CCCNCCCN(CCCN(C)CC)C[Si](C)(OC)OC. The van der Waals surface area contributed by atoms with Crippen molar-refractivity contribution in [2.75, 3.05) is 66.7 Å². The van der Waals surface area contributed by atoms with Crippen LogP contribution in [-0.4, -0.2) is 85.1 Å². The van der Waals surface area contributed by atoms with Crippen molar-refractivity contribution in [1.82, 2.24) is 15.1 Å². The lowest BCUT2D eigenvalue weighted by Crippen LogP contribution is -2.50. The molecule has 0 rings (SSSR count). The molecule has 1 N–H and O–H groups in total. The van der Waals surface area contributed by atoms with Crippen LogP contribution in [0, 0.1) is 0 Å². The molecule has 0 heterocycles. The van der Waals surface area contributed by atoms with E-state index in [1.807, 2.05) is 0 Å². The molecular weight excluding hydrogens is 294 g/mol. The van der Waals surface area contributed by atoms with E-state index in [9.17, 15) is 0 Å². The predicted molar refractivity (Wildman–Crippen MR) is 97.6 cm³/mol. The largest absolute Gasteiger partial charge is 0.397 e. The molecule has 5 nitrogen and oxygen atoms in total. The van der Waals surface area contributed by atoms with Gasteiger partial charge in [-0.25, -0.2) is 0 Å². The molecule has 0 spiro atoms. The first-order valence-corrected chi connectivity index (χ1v) is 11.3. The van der Waals surface area contributed by atoms with Gasteiger partial charge in [-0.05, 0) is 72.1 Å². The highest BCUT2D eigenvalue weighted by atomic mass is 28.4. The zero-order valence-electron chi connectivity index (χ0n) is 15.8. The predicted octanol–water partition coefficient (Wildman–Crippen LogP) is 1.92. The van der Waals surface area contributed by atoms with Crippen molar-refractivity contribution in [3.8, 4) is 0 Å². The summed E-state index contributed by atoms with van der Waals surface area (Å²) >= 11 is 0. The Kier molecular flexibility index (Phi) is 13.5. The van der Waals surface area contributed by atoms with Gasteiger partial charge in [0.2, 0.25) is 0 Å². The third kappa shape index (κ3) is 10.7. The minimum absolute atomic E-state index is 0.948. The third-order valence-electron chi connectivity index (χ3n) is 4.18. The van der Waals surface area contributed by atoms with E-state index < -0.39 is 8.56 Å². The molecule has 0 aliphatic carbocycles. The second-order valence-electron chi connectivity index (χ2n) is 6.17. The topological polar surface area (TPSA) is 37.0 Å². The Bertz CT molecular complexity index is 254. The molecule has 0 fully saturated rings. The van der Waals surface area contributed by atoms with Gasteiger partial charge < -0.3 is 24.0 Å². The quantitative estimate of drug-likeness (QED) is 0.366. The molecule has 0 aromatic carbocycles. The van der Waals surface area contributed by atoms with Crippen LogP contribution in [0.1, 0.15) is 33.1 Å². The lowest BCUT2D eigenvalue weighted by molar-refractivity contribution is 0.201. The van der Waals surface area contributed by atoms with Crippen LogP contribution in [-0.2, 0) is 8.85 Å². The molecule has 0 aliphatic rings. The van der Waals surface area contributed by atoms with Crippen LogP contribution in [0.5, 0.6) is 0 Å². The highest BCUT2D eigenvalue weighted by Gasteiger charge is 2.31. The van der Waals surface area contributed by atoms with Gasteiger partial charge in [-0.1, -0.05) is 13.8 Å². The van der Waals surface area contributed by atoms with Crippen LogP contribution >= 0.6 is 0 Å². The van der Waals surface area contributed by atoms with Crippen molar-refractivity contribution in [2.45, 2.75) is 39.7 Å². The van der Waals surface area contributed by atoms with Gasteiger partial charge in [-0.15, -0.1) is 0 Å². The van der Waals surface area contributed by atoms with Crippen LogP contribution in [0.2, 0.25) is 6.55 Å². The summed E-state index contributed by atoms with van der Waals surface area (Å²) < 4.78 is 11.3. The Balaban J connectivity index is 4.24. The van der Waals surface area contributed by atoms with Gasteiger partial charge in [0.25, 0.3) is 0 Å². The van der Waals surface area contributed by atoms with Crippen LogP contribution in [0.4, 0.5) is 0 Å². The van der Waals surface area contributed by atoms with E-state index in [0.717, 1.165) is 45.4 Å². The Morgan fingerprint density at radius 2 is 1.59 bits per heavy atom. The molecule has 0 aromatic heterocycles. The normalized spacial score (nSPS) is 12.5. The zero-order chi connectivity index (χ0) is 16.8. The maximum Gasteiger partial charge on any atom is 0.348 e. The minimum Gasteiger partial charge on any atom is -0.397 e. The lowest BCUT2D eigenvalue weighted by Gasteiger charge is -2.31. The van der Waals surface area contributed by atoms with Gasteiger partial charge in [0, 0.05) is 20.4 Å². The van der Waals surface area contributed by atoms with Gasteiger partial charge in [-0.3, -0.25) is 0 Å².